The molecule has 1 aromatic heterocycles. The maximum absolute atomic E-state index is 13.8. The van der Waals surface area contributed by atoms with Gasteiger partial charge in [0, 0.05) is 16.5 Å². The highest BCUT2D eigenvalue weighted by Crippen LogP contribution is 2.27. The molecule has 0 fully saturated rings. The van der Waals surface area contributed by atoms with Crippen molar-refractivity contribution in [3.05, 3.63) is 64.8 Å². The Balaban J connectivity index is 1.83. The van der Waals surface area contributed by atoms with Crippen molar-refractivity contribution in [1.82, 2.24) is 4.98 Å². The number of ether oxygens (including phenoxy) is 2. The number of aromatic nitrogens is 1. The number of benzene rings is 2. The molecule has 1 N–H and O–H groups in total. The van der Waals surface area contributed by atoms with E-state index in [1.54, 1.807) is 0 Å². The molecule has 0 unspecified atom stereocenters. The Morgan fingerprint density at radius 3 is 2.64 bits per heavy atom. The highest BCUT2D eigenvalue weighted by molar-refractivity contribution is 6.30. The van der Waals surface area contributed by atoms with Crippen molar-refractivity contribution in [3.8, 4) is 5.75 Å². The second-order valence-corrected chi connectivity index (χ2v) is 6.06. The summed E-state index contributed by atoms with van der Waals surface area (Å²) < 4.78 is 37.4. The number of esters is 1. The van der Waals surface area contributed by atoms with E-state index in [0.29, 0.717) is 0 Å². The van der Waals surface area contributed by atoms with Gasteiger partial charge in [-0.3, -0.25) is 4.79 Å². The lowest BCUT2D eigenvalue weighted by molar-refractivity contribution is -0.118. The van der Waals surface area contributed by atoms with Gasteiger partial charge in [-0.2, -0.15) is 0 Å². The molecule has 0 spiro atoms. The van der Waals surface area contributed by atoms with Gasteiger partial charge in [0.05, 0.1) is 18.3 Å². The number of hydrogen-bond acceptors (Lipinski definition) is 5. The zero-order valence-corrected chi connectivity index (χ0v) is 15.2. The molecule has 144 valence electrons. The second kappa shape index (κ2) is 8.18. The van der Waals surface area contributed by atoms with E-state index in [9.17, 15) is 18.4 Å². The van der Waals surface area contributed by atoms with Crippen molar-refractivity contribution in [2.45, 2.75) is 0 Å². The highest BCUT2D eigenvalue weighted by Gasteiger charge is 2.15. The van der Waals surface area contributed by atoms with Crippen LogP contribution in [-0.2, 0) is 9.53 Å². The highest BCUT2D eigenvalue weighted by atomic mass is 35.5. The van der Waals surface area contributed by atoms with Gasteiger partial charge in [-0.05, 0) is 36.4 Å². The molecular formula is C19H13ClF2N2O4. The molecule has 1 amide bonds. The summed E-state index contributed by atoms with van der Waals surface area (Å²) in [7, 11) is 1.19. The summed E-state index contributed by atoms with van der Waals surface area (Å²) in [5, 5.41) is 2.79. The third-order valence-electron chi connectivity index (χ3n) is 3.69. The Hall–Kier alpha value is -3.26. The zero-order valence-electron chi connectivity index (χ0n) is 14.5. The average Bonchev–Trinajstić information content (AvgIpc) is 2.67. The monoisotopic (exact) mass is 406 g/mol. The quantitative estimate of drug-likeness (QED) is 0.649. The molecule has 0 bridgehead atoms. The van der Waals surface area contributed by atoms with E-state index < -0.39 is 30.1 Å². The van der Waals surface area contributed by atoms with E-state index in [-0.39, 0.29) is 33.1 Å². The summed E-state index contributed by atoms with van der Waals surface area (Å²) >= 11 is 5.66. The fourth-order valence-electron chi connectivity index (χ4n) is 2.42. The Labute approximate surface area is 163 Å². The molecule has 28 heavy (non-hydrogen) atoms. The van der Waals surface area contributed by atoms with Crippen LogP contribution in [0.1, 0.15) is 10.5 Å². The van der Waals surface area contributed by atoms with Crippen molar-refractivity contribution < 1.29 is 27.8 Å². The largest absolute Gasteiger partial charge is 0.483 e. The minimum Gasteiger partial charge on any atom is -0.483 e. The first kappa shape index (κ1) is 19.5. The first-order valence-corrected chi connectivity index (χ1v) is 8.31. The van der Waals surface area contributed by atoms with Gasteiger partial charge in [0.25, 0.3) is 5.91 Å². The third-order valence-corrected chi connectivity index (χ3v) is 3.93. The maximum atomic E-state index is 13.8. The molecule has 0 saturated carbocycles. The van der Waals surface area contributed by atoms with Crippen LogP contribution in [0, 0.1) is 11.6 Å². The number of rotatable bonds is 5. The fraction of sp³-hybridized carbons (Fsp3) is 0.105. The lowest BCUT2D eigenvalue weighted by Gasteiger charge is -2.11. The van der Waals surface area contributed by atoms with E-state index in [1.165, 1.54) is 37.4 Å². The predicted molar refractivity (Wildman–Crippen MR) is 98.6 cm³/mol. The second-order valence-electron chi connectivity index (χ2n) is 5.62. The molecule has 3 aromatic rings. The van der Waals surface area contributed by atoms with Crippen molar-refractivity contribution in [3.63, 3.8) is 0 Å². The number of halogens is 3. The van der Waals surface area contributed by atoms with Crippen LogP contribution in [0.2, 0.25) is 5.02 Å². The van der Waals surface area contributed by atoms with E-state index in [4.69, 9.17) is 16.3 Å². The lowest BCUT2D eigenvalue weighted by Crippen LogP contribution is -2.21. The summed E-state index contributed by atoms with van der Waals surface area (Å²) in [6.45, 7) is -0.516. The Kier molecular flexibility index (Phi) is 5.70. The molecule has 2 aromatic carbocycles. The normalized spacial score (nSPS) is 10.6. The fourth-order valence-corrected chi connectivity index (χ4v) is 2.57. The van der Waals surface area contributed by atoms with Gasteiger partial charge in [0.1, 0.15) is 17.4 Å². The van der Waals surface area contributed by atoms with E-state index in [0.717, 1.165) is 12.1 Å². The van der Waals surface area contributed by atoms with Crippen LogP contribution in [0.25, 0.3) is 10.9 Å². The molecule has 0 aliphatic heterocycles. The van der Waals surface area contributed by atoms with Crippen molar-refractivity contribution in [1.29, 1.82) is 0 Å². The number of nitrogens with one attached hydrogen (secondary N) is 1. The molecule has 1 heterocycles. The summed E-state index contributed by atoms with van der Waals surface area (Å²) in [5.74, 6) is -2.58. The molecule has 0 saturated heterocycles. The molecule has 6 nitrogen and oxygen atoms in total. The van der Waals surface area contributed by atoms with Crippen LogP contribution in [0.3, 0.4) is 0 Å². The maximum Gasteiger partial charge on any atom is 0.356 e. The van der Waals surface area contributed by atoms with Gasteiger partial charge in [-0.1, -0.05) is 11.6 Å². The molecule has 0 atom stereocenters. The molecule has 0 radical (unpaired) electrons. The third kappa shape index (κ3) is 4.34. The molecule has 9 heteroatoms. The van der Waals surface area contributed by atoms with Crippen LogP contribution in [0.4, 0.5) is 14.5 Å². The van der Waals surface area contributed by atoms with Gasteiger partial charge in [-0.25, -0.2) is 18.6 Å². The van der Waals surface area contributed by atoms with Gasteiger partial charge >= 0.3 is 5.97 Å². The van der Waals surface area contributed by atoms with Crippen molar-refractivity contribution in [2.75, 3.05) is 19.0 Å². The molecule has 3 rings (SSSR count). The topological polar surface area (TPSA) is 77.5 Å². The Bertz CT molecular complexity index is 1080. The number of carbonyl (C=O) groups excluding carboxylic acids is 2. The van der Waals surface area contributed by atoms with E-state index in [2.05, 4.69) is 15.0 Å². The van der Waals surface area contributed by atoms with Gasteiger partial charge in [0.2, 0.25) is 0 Å². The Morgan fingerprint density at radius 2 is 1.93 bits per heavy atom. The summed E-state index contributed by atoms with van der Waals surface area (Å²) in [5.41, 5.74) is 0.142. The van der Waals surface area contributed by atoms with E-state index >= 15 is 0 Å². The summed E-state index contributed by atoms with van der Waals surface area (Å²) in [6.07, 6.45) is 0. The summed E-state index contributed by atoms with van der Waals surface area (Å²) in [6, 6.07) is 8.73. The molecule has 0 aliphatic rings. The standard InChI is InChI=1S/C19H13ClF2N2O4/c1-27-19(26)16-8-17(12-7-11(21)3-5-14(12)23-16)28-9-18(25)24-15-4-2-10(20)6-13(15)22/h2-8H,9H2,1H3,(H,24,25). The first-order chi connectivity index (χ1) is 13.4. The number of fused-ring (bicyclic) bond motifs is 1. The van der Waals surface area contributed by atoms with Crippen molar-refractivity contribution in [2.24, 2.45) is 0 Å². The smallest absolute Gasteiger partial charge is 0.356 e. The minimum absolute atomic E-state index is 0.0524. The lowest BCUT2D eigenvalue weighted by atomic mass is 10.1. The van der Waals surface area contributed by atoms with Crippen LogP contribution >= 0.6 is 11.6 Å². The van der Waals surface area contributed by atoms with Gasteiger partial charge in [-0.15, -0.1) is 0 Å². The predicted octanol–water partition coefficient (Wildman–Crippen LogP) is 3.97. The number of amides is 1. The minimum atomic E-state index is -0.719. The van der Waals surface area contributed by atoms with E-state index in [1.807, 2.05) is 0 Å². The average molecular weight is 407 g/mol. The Morgan fingerprint density at radius 1 is 1.14 bits per heavy atom. The van der Waals surface area contributed by atoms with Crippen LogP contribution in [0.5, 0.6) is 5.75 Å². The van der Waals surface area contributed by atoms with Crippen LogP contribution < -0.4 is 10.1 Å². The zero-order chi connectivity index (χ0) is 20.3. The van der Waals surface area contributed by atoms with Gasteiger partial charge in [0.15, 0.2) is 12.3 Å². The SMILES string of the molecule is COC(=O)c1cc(OCC(=O)Nc2ccc(Cl)cc2F)c2cc(F)ccc2n1. The number of anilines is 1. The van der Waals surface area contributed by atoms with Gasteiger partial charge < -0.3 is 14.8 Å². The number of carbonyl (C=O) groups is 2. The number of pyridine rings is 1. The molecular weight excluding hydrogens is 394 g/mol. The summed E-state index contributed by atoms with van der Waals surface area (Å²) in [4.78, 5) is 27.9. The molecule has 0 aliphatic carbocycles. The van der Waals surface area contributed by atoms with Crippen molar-refractivity contribution >= 4 is 40.1 Å². The number of hydrogen-bond donors (Lipinski definition) is 1. The first-order valence-electron chi connectivity index (χ1n) is 7.93. The van der Waals surface area contributed by atoms with Crippen LogP contribution in [-0.4, -0.2) is 30.6 Å². The van der Waals surface area contributed by atoms with Crippen LogP contribution in [0.15, 0.2) is 42.5 Å². The number of nitrogens with zero attached hydrogens (tertiary/aromatic N) is 1. The number of methoxy groups -OCH3 is 1.